The van der Waals surface area contributed by atoms with Crippen molar-refractivity contribution in [3.8, 4) is 0 Å². The maximum Gasteiger partial charge on any atom is 0.446 e. The van der Waals surface area contributed by atoms with Crippen LogP contribution in [-0.2, 0) is 0 Å². The quantitative estimate of drug-likeness (QED) is 0.737. The Labute approximate surface area is 163 Å². The van der Waals surface area contributed by atoms with Gasteiger partial charge in [-0.3, -0.25) is 0 Å². The molecule has 3 rings (SSSR count). The van der Waals surface area contributed by atoms with Crippen molar-refractivity contribution >= 4 is 40.9 Å². The lowest BCUT2D eigenvalue weighted by Gasteiger charge is -2.35. The van der Waals surface area contributed by atoms with E-state index < -0.39 is 5.51 Å². The zero-order valence-electron chi connectivity index (χ0n) is 14.0. The fourth-order valence-electron chi connectivity index (χ4n) is 2.70. The van der Waals surface area contributed by atoms with E-state index in [-0.39, 0.29) is 22.7 Å². The average molecular weight is 417 g/mol. The fourth-order valence-corrected chi connectivity index (χ4v) is 3.55. The predicted molar refractivity (Wildman–Crippen MR) is 100 cm³/mol. The van der Waals surface area contributed by atoms with Crippen LogP contribution in [0.25, 0.3) is 0 Å². The number of piperazine rings is 1. The van der Waals surface area contributed by atoms with Gasteiger partial charge in [0.1, 0.15) is 5.82 Å². The molecule has 27 heavy (non-hydrogen) atoms. The number of alkyl halides is 3. The molecule has 10 heteroatoms. The highest BCUT2D eigenvalue weighted by atomic mass is 35.5. The minimum Gasteiger partial charge on any atom is -0.352 e. The van der Waals surface area contributed by atoms with Gasteiger partial charge >= 0.3 is 11.5 Å². The SMILES string of the molecule is O=C(Nc1cccc(SC(F)(F)F)c1)N1CCN(c2ncccc2Cl)CC1. The molecule has 1 saturated heterocycles. The Balaban J connectivity index is 1.57. The molecule has 0 saturated carbocycles. The number of rotatable bonds is 3. The molecule has 0 bridgehead atoms. The summed E-state index contributed by atoms with van der Waals surface area (Å²) in [4.78, 5) is 20.3. The van der Waals surface area contributed by atoms with Crippen molar-refractivity contribution in [2.24, 2.45) is 0 Å². The van der Waals surface area contributed by atoms with Crippen LogP contribution in [-0.4, -0.2) is 47.6 Å². The molecule has 0 spiro atoms. The van der Waals surface area contributed by atoms with E-state index in [0.717, 1.165) is 0 Å². The lowest BCUT2D eigenvalue weighted by atomic mass is 10.3. The number of thioether (sulfide) groups is 1. The van der Waals surface area contributed by atoms with Crippen molar-refractivity contribution in [1.29, 1.82) is 0 Å². The molecule has 1 aliphatic heterocycles. The van der Waals surface area contributed by atoms with Gasteiger partial charge in [-0.1, -0.05) is 17.7 Å². The Morgan fingerprint density at radius 2 is 1.89 bits per heavy atom. The van der Waals surface area contributed by atoms with Gasteiger partial charge in [-0.25, -0.2) is 9.78 Å². The first-order chi connectivity index (χ1) is 12.8. The summed E-state index contributed by atoms with van der Waals surface area (Å²) in [5.74, 6) is 0.677. The molecule has 2 heterocycles. The fraction of sp³-hybridized carbons (Fsp3) is 0.294. The van der Waals surface area contributed by atoms with Crippen LogP contribution < -0.4 is 10.2 Å². The minimum atomic E-state index is -4.37. The summed E-state index contributed by atoms with van der Waals surface area (Å²) in [7, 11) is 0. The maximum atomic E-state index is 12.5. The summed E-state index contributed by atoms with van der Waals surface area (Å²) < 4.78 is 37.4. The van der Waals surface area contributed by atoms with Crippen molar-refractivity contribution in [2.45, 2.75) is 10.4 Å². The van der Waals surface area contributed by atoms with Gasteiger partial charge in [0.25, 0.3) is 0 Å². The summed E-state index contributed by atoms with van der Waals surface area (Å²) in [6.45, 7) is 2.04. The smallest absolute Gasteiger partial charge is 0.352 e. The summed E-state index contributed by atoms with van der Waals surface area (Å²) in [6, 6.07) is 8.85. The molecule has 5 nitrogen and oxygen atoms in total. The molecule has 2 amide bonds. The number of urea groups is 1. The summed E-state index contributed by atoms with van der Waals surface area (Å²) >= 11 is 5.93. The highest BCUT2D eigenvalue weighted by Crippen LogP contribution is 2.37. The van der Waals surface area contributed by atoms with E-state index >= 15 is 0 Å². The summed E-state index contributed by atoms with van der Waals surface area (Å²) in [5, 5.41) is 3.20. The van der Waals surface area contributed by atoms with Crippen LogP contribution in [0.2, 0.25) is 5.02 Å². The van der Waals surface area contributed by atoms with E-state index in [1.807, 2.05) is 4.90 Å². The van der Waals surface area contributed by atoms with Crippen LogP contribution in [0.3, 0.4) is 0 Å². The molecule has 144 valence electrons. The number of nitrogens with zero attached hydrogens (tertiary/aromatic N) is 3. The number of hydrogen-bond acceptors (Lipinski definition) is 4. The van der Waals surface area contributed by atoms with E-state index in [0.29, 0.717) is 42.7 Å². The number of aromatic nitrogens is 1. The molecule has 0 atom stereocenters. The van der Waals surface area contributed by atoms with E-state index in [1.165, 1.54) is 18.2 Å². The van der Waals surface area contributed by atoms with E-state index in [1.54, 1.807) is 29.3 Å². The number of benzene rings is 1. The molecular formula is C17H16ClF3N4OS. The number of carbonyl (C=O) groups is 1. The normalized spacial score (nSPS) is 15.0. The molecule has 0 unspecified atom stereocenters. The monoisotopic (exact) mass is 416 g/mol. The molecule has 0 radical (unpaired) electrons. The highest BCUT2D eigenvalue weighted by Gasteiger charge is 2.29. The largest absolute Gasteiger partial charge is 0.446 e. The summed E-state index contributed by atoms with van der Waals surface area (Å²) in [5.41, 5.74) is -4.05. The number of nitrogens with one attached hydrogen (secondary N) is 1. The van der Waals surface area contributed by atoms with E-state index in [2.05, 4.69) is 10.3 Å². The van der Waals surface area contributed by atoms with Crippen molar-refractivity contribution in [2.75, 3.05) is 36.4 Å². The second kappa shape index (κ2) is 8.26. The second-order valence-electron chi connectivity index (χ2n) is 5.79. The molecule has 0 aliphatic carbocycles. The molecule has 1 aliphatic rings. The first-order valence-corrected chi connectivity index (χ1v) is 9.28. The van der Waals surface area contributed by atoms with Crippen molar-refractivity contribution in [3.63, 3.8) is 0 Å². The molecule has 1 aromatic heterocycles. The van der Waals surface area contributed by atoms with Gasteiger partial charge in [-0.15, -0.1) is 0 Å². The van der Waals surface area contributed by atoms with Crippen LogP contribution in [0.1, 0.15) is 0 Å². The predicted octanol–water partition coefficient (Wildman–Crippen LogP) is 4.70. The first-order valence-electron chi connectivity index (χ1n) is 8.09. The van der Waals surface area contributed by atoms with Gasteiger partial charge in [-0.05, 0) is 42.1 Å². The Morgan fingerprint density at radius 1 is 1.15 bits per heavy atom. The van der Waals surface area contributed by atoms with Gasteiger partial charge in [0.2, 0.25) is 0 Å². The topological polar surface area (TPSA) is 48.5 Å². The number of carbonyl (C=O) groups excluding carboxylic acids is 1. The number of halogens is 4. The highest BCUT2D eigenvalue weighted by molar-refractivity contribution is 8.00. The third kappa shape index (κ3) is 5.43. The van der Waals surface area contributed by atoms with Gasteiger partial charge in [0.05, 0.1) is 5.02 Å². The third-order valence-electron chi connectivity index (χ3n) is 3.92. The number of anilines is 2. The maximum absolute atomic E-state index is 12.5. The lowest BCUT2D eigenvalue weighted by Crippen LogP contribution is -2.50. The molecule has 1 fully saturated rings. The van der Waals surface area contributed by atoms with Crippen LogP contribution in [0.15, 0.2) is 47.5 Å². The van der Waals surface area contributed by atoms with Crippen LogP contribution in [0.4, 0.5) is 29.5 Å². The Hall–Kier alpha value is -2.13. The first kappa shape index (κ1) is 19.6. The zero-order valence-corrected chi connectivity index (χ0v) is 15.6. The van der Waals surface area contributed by atoms with Crippen LogP contribution in [0.5, 0.6) is 0 Å². The van der Waals surface area contributed by atoms with Crippen molar-refractivity contribution in [3.05, 3.63) is 47.6 Å². The van der Waals surface area contributed by atoms with Crippen LogP contribution in [0, 0.1) is 0 Å². The Kier molecular flexibility index (Phi) is 6.01. The van der Waals surface area contributed by atoms with Crippen molar-refractivity contribution in [1.82, 2.24) is 9.88 Å². The zero-order chi connectivity index (χ0) is 19.4. The van der Waals surface area contributed by atoms with E-state index in [4.69, 9.17) is 11.6 Å². The van der Waals surface area contributed by atoms with Gasteiger partial charge < -0.3 is 15.1 Å². The number of pyridine rings is 1. The Morgan fingerprint density at radius 3 is 2.56 bits per heavy atom. The van der Waals surface area contributed by atoms with Gasteiger partial charge in [-0.2, -0.15) is 13.2 Å². The molecule has 1 N–H and O–H groups in total. The summed E-state index contributed by atoms with van der Waals surface area (Å²) in [6.07, 6.45) is 1.66. The van der Waals surface area contributed by atoms with Crippen LogP contribution >= 0.6 is 23.4 Å². The standard InChI is InChI=1S/C17H16ClF3N4OS/c18-14-5-2-6-22-15(14)24-7-9-25(10-8-24)16(26)23-12-3-1-4-13(11-12)27-17(19,20)21/h1-6,11H,7-10H2,(H,23,26). The Bertz CT molecular complexity index is 813. The third-order valence-corrected chi connectivity index (χ3v) is 4.94. The van der Waals surface area contributed by atoms with Gasteiger partial charge in [0, 0.05) is 43.0 Å². The molecule has 1 aromatic carbocycles. The molecule has 2 aromatic rings. The average Bonchev–Trinajstić information content (AvgIpc) is 2.61. The minimum absolute atomic E-state index is 0.0231. The second-order valence-corrected chi connectivity index (χ2v) is 7.33. The lowest BCUT2D eigenvalue weighted by molar-refractivity contribution is -0.0328. The van der Waals surface area contributed by atoms with Gasteiger partial charge in [0.15, 0.2) is 0 Å². The van der Waals surface area contributed by atoms with Crippen molar-refractivity contribution < 1.29 is 18.0 Å². The molecular weight excluding hydrogens is 401 g/mol. The van der Waals surface area contributed by atoms with E-state index in [9.17, 15) is 18.0 Å². The number of hydrogen-bond donors (Lipinski definition) is 1. The number of amides is 2.